The first kappa shape index (κ1) is 87.8. The van der Waals surface area contributed by atoms with Gasteiger partial charge in [0.05, 0.1) is 50.6 Å². The van der Waals surface area contributed by atoms with Crippen LogP contribution in [0, 0.1) is 0 Å². The van der Waals surface area contributed by atoms with Crippen molar-refractivity contribution >= 4 is 29.6 Å². The quantitative estimate of drug-likeness (QED) is 0.0206. The number of hydrogen-bond donors (Lipinski definition) is 8. The molecule has 0 aliphatic rings. The normalized spacial score (nSPS) is 9.32. The van der Waals surface area contributed by atoms with Crippen molar-refractivity contribution in [2.45, 2.75) is 210 Å². The average molecular weight is 1250 g/mol. The average Bonchev–Trinajstić information content (AvgIpc) is 4.35. The summed E-state index contributed by atoms with van der Waals surface area (Å²) in [5.41, 5.74) is 0. The molecule has 0 fully saturated rings. The summed E-state index contributed by atoms with van der Waals surface area (Å²) in [6.45, 7) is 26.4. The van der Waals surface area contributed by atoms with Gasteiger partial charge in [-0.2, -0.15) is 0 Å². The first-order valence-corrected chi connectivity index (χ1v) is 30.1. The van der Waals surface area contributed by atoms with Gasteiger partial charge in [0.25, 0.3) is 0 Å². The van der Waals surface area contributed by atoms with Crippen LogP contribution in [-0.2, 0) is 52.4 Å². The fourth-order valence-corrected chi connectivity index (χ4v) is 6.08. The number of unbranched alkanes of at least 4 members (excludes halogenated alkanes) is 8. The number of nitrogens with zero attached hydrogens (tertiary/aromatic N) is 16. The number of imidazole rings is 8. The molecule has 496 valence electrons. The highest BCUT2D eigenvalue weighted by Crippen LogP contribution is 1.98. The molecule has 0 saturated carbocycles. The molecule has 8 rings (SSSR count). The maximum absolute atomic E-state index is 10.1. The van der Waals surface area contributed by atoms with Crippen LogP contribution in [-0.4, -0.2) is 146 Å². The van der Waals surface area contributed by atoms with Gasteiger partial charge in [-0.15, -0.1) is 0 Å². The zero-order valence-electron chi connectivity index (χ0n) is 53.4. The summed E-state index contributed by atoms with van der Waals surface area (Å²) >= 11 is 0. The lowest BCUT2D eigenvalue weighted by atomic mass is 10.3. The molecule has 0 radical (unpaired) electrons. The second-order valence-electron chi connectivity index (χ2n) is 18.5. The van der Waals surface area contributed by atoms with Gasteiger partial charge in [-0.3, -0.25) is 17.3 Å². The number of halogens is 4. The summed E-state index contributed by atoms with van der Waals surface area (Å²) in [7, 11) is -10.7. The summed E-state index contributed by atoms with van der Waals surface area (Å²) in [4.78, 5) is 31.5. The van der Waals surface area contributed by atoms with E-state index in [2.05, 4.69) is 132 Å². The minimum absolute atomic E-state index is 1.11. The number of aromatic nitrogens is 16. The lowest BCUT2D eigenvalue weighted by Gasteiger charge is -1.96. The third-order valence-electron chi connectivity index (χ3n) is 10.6. The van der Waals surface area contributed by atoms with E-state index in [1.54, 1.807) is 0 Å². The van der Waals surface area contributed by atoms with Gasteiger partial charge in [-0.25, -0.2) is 39.9 Å². The first-order chi connectivity index (χ1) is 42.4. The fraction of sp³-hybridized carbons (Fsp3) is 0.571. The molecule has 0 unspecified atom stereocenters. The van der Waals surface area contributed by atoms with Crippen LogP contribution in [0.5, 0.6) is 0 Å². The summed E-state index contributed by atoms with van der Waals surface area (Å²) in [5, 5.41) is 55.6. The molecule has 0 atom stereocenters. The molecule has 0 saturated heterocycles. The molecule has 0 aliphatic heterocycles. The molecule has 0 aliphatic carbocycles. The topological polar surface area (TPSA) is 304 Å². The van der Waals surface area contributed by atoms with Crippen LogP contribution in [0.1, 0.15) is 158 Å². The van der Waals surface area contributed by atoms with Crippen LogP contribution in [0.15, 0.2) is 150 Å². The molecule has 8 aromatic heterocycles. The molecule has 8 N–H and O–H groups in total. The Bertz CT molecular complexity index is 1860. The van der Waals surface area contributed by atoms with E-state index in [-0.39, 0.29) is 0 Å². The van der Waals surface area contributed by atoms with Crippen molar-refractivity contribution in [3.63, 3.8) is 0 Å². The Morgan fingerprint density at radius 1 is 0.227 bits per heavy atom. The third-order valence-corrected chi connectivity index (χ3v) is 10.6. The van der Waals surface area contributed by atoms with E-state index >= 15 is 0 Å². The van der Waals surface area contributed by atoms with E-state index in [1.165, 1.54) is 103 Å². The second kappa shape index (κ2) is 69.4. The molecule has 0 amide bonds. The van der Waals surface area contributed by atoms with Gasteiger partial charge >= 0.3 is 29.6 Å². The Hall–Kier alpha value is -6.66. The molecular formula is C56H104B4F4N16O8. The minimum Gasteiger partial charge on any atom is -0.398 e. The van der Waals surface area contributed by atoms with E-state index < -0.39 is 29.6 Å². The van der Waals surface area contributed by atoms with Crippen molar-refractivity contribution in [3.8, 4) is 0 Å². The van der Waals surface area contributed by atoms with Crippen molar-refractivity contribution < 1.29 is 57.5 Å². The molecule has 8 aromatic rings. The SMILES string of the molecule is CCCCn1ccnc1.CCCCn1ccnc1.CCCCn1ccnc1.CCCCn1ccnc1.CCCCn1ccnc1.CCCCn1ccnc1.CCCCn1ccnc1.CCCCn1ccnc1.OB(O)F.OB(O)F.OB(O)F.OB(O)F. The van der Waals surface area contributed by atoms with Crippen LogP contribution in [0.25, 0.3) is 0 Å². The van der Waals surface area contributed by atoms with E-state index in [0.29, 0.717) is 0 Å². The lowest BCUT2D eigenvalue weighted by Crippen LogP contribution is -1.98. The molecule has 88 heavy (non-hydrogen) atoms. The number of rotatable bonds is 24. The Morgan fingerprint density at radius 3 is 0.375 bits per heavy atom. The van der Waals surface area contributed by atoms with Crippen molar-refractivity contribution in [1.82, 2.24) is 76.4 Å². The molecule has 8 heterocycles. The van der Waals surface area contributed by atoms with Crippen molar-refractivity contribution in [2.24, 2.45) is 0 Å². The van der Waals surface area contributed by atoms with Crippen molar-refractivity contribution in [3.05, 3.63) is 150 Å². The highest BCUT2D eigenvalue weighted by Gasteiger charge is 1.99. The fourth-order valence-electron chi connectivity index (χ4n) is 6.08. The third kappa shape index (κ3) is 73.6. The Balaban J connectivity index is -0.000000443. The summed E-state index contributed by atoms with van der Waals surface area (Å²) in [6.07, 6.45) is 65.3. The lowest BCUT2D eigenvalue weighted by molar-refractivity contribution is 0.338. The van der Waals surface area contributed by atoms with Crippen LogP contribution in [0.3, 0.4) is 0 Å². The van der Waals surface area contributed by atoms with Gasteiger partial charge in [0.2, 0.25) is 0 Å². The number of hydrogen-bond acceptors (Lipinski definition) is 16. The first-order valence-electron chi connectivity index (χ1n) is 30.1. The Morgan fingerprint density at radius 2 is 0.318 bits per heavy atom. The van der Waals surface area contributed by atoms with E-state index in [1.807, 2.05) is 150 Å². The minimum atomic E-state index is -2.67. The molecular weight excluding hydrogens is 1140 g/mol. The van der Waals surface area contributed by atoms with Gasteiger partial charge in [0, 0.05) is 152 Å². The zero-order valence-corrected chi connectivity index (χ0v) is 53.4. The zero-order chi connectivity index (χ0) is 66.5. The standard InChI is InChI=1S/8C7H12N2.4BFH2O2/c8*1-2-3-5-9-6-4-8-7-9;4*2-1(3)4/h8*4,6-7H,2-3,5H2,1H3;4*3-4H. The van der Waals surface area contributed by atoms with Gasteiger partial charge in [0.15, 0.2) is 0 Å². The van der Waals surface area contributed by atoms with E-state index in [0.717, 1.165) is 52.4 Å². The maximum Gasteiger partial charge on any atom is 0.674 e. The van der Waals surface area contributed by atoms with Crippen molar-refractivity contribution in [2.75, 3.05) is 0 Å². The number of aryl methyl sites for hydroxylation is 8. The van der Waals surface area contributed by atoms with Crippen LogP contribution >= 0.6 is 0 Å². The van der Waals surface area contributed by atoms with Crippen LogP contribution in [0.4, 0.5) is 17.3 Å². The summed E-state index contributed by atoms with van der Waals surface area (Å²) < 4.78 is 57.2. The van der Waals surface area contributed by atoms with Gasteiger partial charge < -0.3 is 76.7 Å². The van der Waals surface area contributed by atoms with E-state index in [9.17, 15) is 17.3 Å². The highest BCUT2D eigenvalue weighted by molar-refractivity contribution is 6.32. The smallest absolute Gasteiger partial charge is 0.398 e. The molecule has 32 heteroatoms. The highest BCUT2D eigenvalue weighted by atomic mass is 19.1. The van der Waals surface area contributed by atoms with Crippen LogP contribution in [0.2, 0.25) is 0 Å². The Labute approximate surface area is 521 Å². The summed E-state index contributed by atoms with van der Waals surface area (Å²) in [6, 6.07) is 0. The molecule has 0 spiro atoms. The Kier molecular flexibility index (Phi) is 69.3. The summed E-state index contributed by atoms with van der Waals surface area (Å²) in [5.74, 6) is 0. The monoisotopic (exact) mass is 1250 g/mol. The van der Waals surface area contributed by atoms with Crippen LogP contribution < -0.4 is 0 Å². The van der Waals surface area contributed by atoms with Gasteiger partial charge in [-0.05, 0) is 51.4 Å². The molecule has 0 bridgehead atoms. The predicted octanol–water partition coefficient (Wildman–Crippen LogP) is 9.17. The maximum atomic E-state index is 10.1. The molecule has 0 aromatic carbocycles. The largest absolute Gasteiger partial charge is 0.674 e. The van der Waals surface area contributed by atoms with E-state index in [4.69, 9.17) is 40.2 Å². The van der Waals surface area contributed by atoms with Crippen molar-refractivity contribution in [1.29, 1.82) is 0 Å². The van der Waals surface area contributed by atoms with Gasteiger partial charge in [-0.1, -0.05) is 107 Å². The van der Waals surface area contributed by atoms with Gasteiger partial charge in [0.1, 0.15) is 0 Å². The molecule has 24 nitrogen and oxygen atoms in total. The predicted molar refractivity (Wildman–Crippen MR) is 342 cm³/mol. The second-order valence-corrected chi connectivity index (χ2v) is 18.5.